The van der Waals surface area contributed by atoms with Crippen LogP contribution in [0.3, 0.4) is 0 Å². The summed E-state index contributed by atoms with van der Waals surface area (Å²) in [5.41, 5.74) is 3.32. The zero-order valence-corrected chi connectivity index (χ0v) is 11.9. The quantitative estimate of drug-likeness (QED) is 0.747. The Labute approximate surface area is 121 Å². The predicted molar refractivity (Wildman–Crippen MR) is 76.5 cm³/mol. The SMILES string of the molecule is CN1CCc2nc3cc(Cl)cc(Cl)c3c(C#N)c2C1. The van der Waals surface area contributed by atoms with Crippen LogP contribution in [-0.2, 0) is 13.0 Å². The lowest BCUT2D eigenvalue weighted by atomic mass is 9.97. The molecule has 0 radical (unpaired) electrons. The zero-order chi connectivity index (χ0) is 13.6. The molecule has 0 bridgehead atoms. The smallest absolute Gasteiger partial charge is 0.100 e. The summed E-state index contributed by atoms with van der Waals surface area (Å²) in [7, 11) is 2.04. The first kappa shape index (κ1) is 12.7. The molecular formula is C14H11Cl2N3. The monoisotopic (exact) mass is 291 g/mol. The zero-order valence-electron chi connectivity index (χ0n) is 10.4. The van der Waals surface area contributed by atoms with E-state index in [1.54, 1.807) is 12.1 Å². The van der Waals surface area contributed by atoms with Crippen LogP contribution in [-0.4, -0.2) is 23.5 Å². The van der Waals surface area contributed by atoms with Crippen LogP contribution in [0.4, 0.5) is 0 Å². The average Bonchev–Trinajstić information content (AvgIpc) is 2.36. The number of hydrogen-bond donors (Lipinski definition) is 0. The van der Waals surface area contributed by atoms with E-state index in [2.05, 4.69) is 16.0 Å². The van der Waals surface area contributed by atoms with Gasteiger partial charge in [-0.1, -0.05) is 23.2 Å². The molecule has 0 fully saturated rings. The number of rotatable bonds is 0. The number of nitrogens with zero attached hydrogens (tertiary/aromatic N) is 3. The summed E-state index contributed by atoms with van der Waals surface area (Å²) in [5.74, 6) is 0. The van der Waals surface area contributed by atoms with E-state index in [1.807, 2.05) is 7.05 Å². The lowest BCUT2D eigenvalue weighted by Gasteiger charge is -2.25. The molecule has 3 nitrogen and oxygen atoms in total. The first-order chi connectivity index (χ1) is 9.10. The fourth-order valence-electron chi connectivity index (χ4n) is 2.55. The molecule has 1 aromatic carbocycles. The third-order valence-corrected chi connectivity index (χ3v) is 3.98. The molecule has 1 aliphatic heterocycles. The van der Waals surface area contributed by atoms with Gasteiger partial charge in [-0.15, -0.1) is 0 Å². The van der Waals surface area contributed by atoms with E-state index in [0.717, 1.165) is 30.8 Å². The normalized spacial score (nSPS) is 15.3. The van der Waals surface area contributed by atoms with E-state index in [0.29, 0.717) is 26.5 Å². The van der Waals surface area contributed by atoms with Gasteiger partial charge < -0.3 is 4.90 Å². The third kappa shape index (κ3) is 2.06. The van der Waals surface area contributed by atoms with Crippen LogP contribution in [0.2, 0.25) is 10.0 Å². The minimum atomic E-state index is 0.488. The standard InChI is InChI=1S/C14H11Cl2N3/c1-19-3-2-12-10(7-19)9(6-17)14-11(16)4-8(15)5-13(14)18-12/h4-5H,2-3,7H2,1H3. The van der Waals surface area contributed by atoms with E-state index in [1.165, 1.54) is 0 Å². The van der Waals surface area contributed by atoms with Gasteiger partial charge in [0.2, 0.25) is 0 Å². The molecule has 0 spiro atoms. The van der Waals surface area contributed by atoms with Gasteiger partial charge in [-0.25, -0.2) is 0 Å². The number of nitriles is 1. The number of likely N-dealkylation sites (N-methyl/N-ethyl adjacent to an activating group) is 1. The van der Waals surface area contributed by atoms with E-state index in [9.17, 15) is 5.26 Å². The first-order valence-electron chi connectivity index (χ1n) is 5.99. The van der Waals surface area contributed by atoms with Crippen molar-refractivity contribution in [3.8, 4) is 6.07 Å². The maximum absolute atomic E-state index is 9.48. The molecule has 0 atom stereocenters. The molecule has 0 unspecified atom stereocenters. The second kappa shape index (κ2) is 4.64. The van der Waals surface area contributed by atoms with E-state index in [-0.39, 0.29) is 0 Å². The van der Waals surface area contributed by atoms with Crippen molar-refractivity contribution in [2.45, 2.75) is 13.0 Å². The minimum absolute atomic E-state index is 0.488. The highest BCUT2D eigenvalue weighted by molar-refractivity contribution is 6.38. The Hall–Kier alpha value is -1.34. The lowest BCUT2D eigenvalue weighted by molar-refractivity contribution is 0.310. The second-order valence-electron chi connectivity index (χ2n) is 4.79. The number of aromatic nitrogens is 1. The Kier molecular flexibility index (Phi) is 3.10. The van der Waals surface area contributed by atoms with Crippen molar-refractivity contribution in [2.24, 2.45) is 0 Å². The van der Waals surface area contributed by atoms with Gasteiger partial charge in [-0.05, 0) is 19.2 Å². The Morgan fingerprint density at radius 1 is 1.37 bits per heavy atom. The molecule has 1 aliphatic rings. The van der Waals surface area contributed by atoms with Gasteiger partial charge in [0.15, 0.2) is 0 Å². The van der Waals surface area contributed by atoms with Crippen LogP contribution in [0, 0.1) is 11.3 Å². The second-order valence-corrected chi connectivity index (χ2v) is 5.64. The molecule has 0 saturated heterocycles. The number of hydrogen-bond acceptors (Lipinski definition) is 3. The summed E-state index contributed by atoms with van der Waals surface area (Å²) >= 11 is 12.2. The van der Waals surface area contributed by atoms with E-state index < -0.39 is 0 Å². The van der Waals surface area contributed by atoms with E-state index >= 15 is 0 Å². The molecule has 96 valence electrons. The molecule has 5 heteroatoms. The van der Waals surface area contributed by atoms with Crippen LogP contribution in [0.5, 0.6) is 0 Å². The third-order valence-electron chi connectivity index (χ3n) is 3.46. The molecule has 1 aromatic heterocycles. The van der Waals surface area contributed by atoms with Gasteiger partial charge in [-0.3, -0.25) is 4.98 Å². The predicted octanol–water partition coefficient (Wildman–Crippen LogP) is 3.40. The molecule has 0 N–H and O–H groups in total. The molecule has 0 aliphatic carbocycles. The summed E-state index contributed by atoms with van der Waals surface area (Å²) in [6, 6.07) is 5.71. The molecule has 3 rings (SSSR count). The Morgan fingerprint density at radius 3 is 2.89 bits per heavy atom. The van der Waals surface area contributed by atoms with Gasteiger partial charge in [-0.2, -0.15) is 5.26 Å². The van der Waals surface area contributed by atoms with Gasteiger partial charge in [0, 0.05) is 41.2 Å². The maximum Gasteiger partial charge on any atom is 0.100 e. The molecule has 0 amide bonds. The van der Waals surface area contributed by atoms with Crippen LogP contribution in [0.25, 0.3) is 10.9 Å². The molecule has 0 saturated carbocycles. The Bertz CT molecular complexity index is 719. The topological polar surface area (TPSA) is 39.9 Å². The fraction of sp³-hybridized carbons (Fsp3) is 0.286. The summed E-state index contributed by atoms with van der Waals surface area (Å²) in [5, 5.41) is 11.2. The van der Waals surface area contributed by atoms with E-state index in [4.69, 9.17) is 23.2 Å². The van der Waals surface area contributed by atoms with Crippen molar-refractivity contribution in [3.63, 3.8) is 0 Å². The number of fused-ring (bicyclic) bond motifs is 2. The van der Waals surface area contributed by atoms with Crippen molar-refractivity contribution >= 4 is 34.1 Å². The van der Waals surface area contributed by atoms with Gasteiger partial charge >= 0.3 is 0 Å². The largest absolute Gasteiger partial charge is 0.302 e. The number of pyridine rings is 1. The average molecular weight is 292 g/mol. The Balaban J connectivity index is 2.40. The van der Waals surface area contributed by atoms with Crippen LogP contribution in [0.1, 0.15) is 16.8 Å². The van der Waals surface area contributed by atoms with Crippen LogP contribution >= 0.6 is 23.2 Å². The first-order valence-corrected chi connectivity index (χ1v) is 6.75. The van der Waals surface area contributed by atoms with Crippen molar-refractivity contribution < 1.29 is 0 Å². The fourth-order valence-corrected chi connectivity index (χ4v) is 3.13. The van der Waals surface area contributed by atoms with Gasteiger partial charge in [0.05, 0.1) is 16.1 Å². The van der Waals surface area contributed by atoms with Gasteiger partial charge in [0.1, 0.15) is 6.07 Å². The highest BCUT2D eigenvalue weighted by Crippen LogP contribution is 2.33. The van der Waals surface area contributed by atoms with Crippen LogP contribution < -0.4 is 0 Å². The summed E-state index contributed by atoms with van der Waals surface area (Å²) in [4.78, 5) is 6.81. The lowest BCUT2D eigenvalue weighted by Crippen LogP contribution is -2.28. The summed E-state index contributed by atoms with van der Waals surface area (Å²) < 4.78 is 0. The molecule has 2 heterocycles. The highest BCUT2D eigenvalue weighted by atomic mass is 35.5. The summed E-state index contributed by atoms with van der Waals surface area (Å²) in [6.45, 7) is 1.69. The number of benzene rings is 1. The van der Waals surface area contributed by atoms with Crippen molar-refractivity contribution in [2.75, 3.05) is 13.6 Å². The van der Waals surface area contributed by atoms with Gasteiger partial charge in [0.25, 0.3) is 0 Å². The van der Waals surface area contributed by atoms with Crippen molar-refractivity contribution in [1.82, 2.24) is 9.88 Å². The molecule has 19 heavy (non-hydrogen) atoms. The van der Waals surface area contributed by atoms with Crippen molar-refractivity contribution in [1.29, 1.82) is 5.26 Å². The summed E-state index contributed by atoms with van der Waals surface area (Å²) in [6.07, 6.45) is 0.848. The minimum Gasteiger partial charge on any atom is -0.302 e. The van der Waals surface area contributed by atoms with Crippen LogP contribution in [0.15, 0.2) is 12.1 Å². The molecule has 2 aromatic rings. The number of halogens is 2. The highest BCUT2D eigenvalue weighted by Gasteiger charge is 2.22. The maximum atomic E-state index is 9.48. The Morgan fingerprint density at radius 2 is 2.16 bits per heavy atom. The molecular weight excluding hydrogens is 281 g/mol. The van der Waals surface area contributed by atoms with Crippen molar-refractivity contribution in [3.05, 3.63) is 39.0 Å².